The van der Waals surface area contributed by atoms with Gasteiger partial charge in [0.05, 0.1) is 0 Å². The molecule has 2 rings (SSSR count). The van der Waals surface area contributed by atoms with Crippen LogP contribution in [-0.4, -0.2) is 10.9 Å². The SMILES string of the molecule is C=C1c2ccccc2CN1C(C)C. The highest BCUT2D eigenvalue weighted by atomic mass is 15.2. The molecule has 68 valence electrons. The van der Waals surface area contributed by atoms with Gasteiger partial charge in [-0.05, 0) is 19.4 Å². The number of hydrogen-bond donors (Lipinski definition) is 0. The predicted molar refractivity (Wildman–Crippen MR) is 56.2 cm³/mol. The van der Waals surface area contributed by atoms with Crippen LogP contribution in [0.1, 0.15) is 25.0 Å². The summed E-state index contributed by atoms with van der Waals surface area (Å²) in [5, 5.41) is 0. The van der Waals surface area contributed by atoms with Crippen molar-refractivity contribution in [3.8, 4) is 0 Å². The molecule has 1 nitrogen and oxygen atoms in total. The summed E-state index contributed by atoms with van der Waals surface area (Å²) in [5.41, 5.74) is 3.89. The molecule has 0 N–H and O–H groups in total. The number of hydrogen-bond acceptors (Lipinski definition) is 1. The fourth-order valence-electron chi connectivity index (χ4n) is 1.87. The van der Waals surface area contributed by atoms with Gasteiger partial charge in [0.25, 0.3) is 0 Å². The fraction of sp³-hybridized carbons (Fsp3) is 0.333. The molecule has 0 bridgehead atoms. The standard InChI is InChI=1S/C12H15N/c1-9(2)13-8-11-6-4-5-7-12(11)10(13)3/h4-7,9H,3,8H2,1-2H3. The van der Waals surface area contributed by atoms with Gasteiger partial charge in [0.1, 0.15) is 0 Å². The zero-order valence-corrected chi connectivity index (χ0v) is 8.25. The maximum atomic E-state index is 4.12. The summed E-state index contributed by atoms with van der Waals surface area (Å²) in [6.07, 6.45) is 0. The number of fused-ring (bicyclic) bond motifs is 1. The minimum absolute atomic E-state index is 0.542. The van der Waals surface area contributed by atoms with Crippen LogP contribution < -0.4 is 0 Å². The molecule has 1 aromatic carbocycles. The second kappa shape index (κ2) is 2.91. The minimum Gasteiger partial charge on any atom is -0.365 e. The molecule has 0 saturated carbocycles. The summed E-state index contributed by atoms with van der Waals surface area (Å²) in [7, 11) is 0. The molecule has 1 aromatic rings. The Morgan fingerprint density at radius 3 is 2.62 bits per heavy atom. The Balaban J connectivity index is 2.38. The van der Waals surface area contributed by atoms with Crippen molar-refractivity contribution >= 4 is 5.70 Å². The Labute approximate surface area is 79.7 Å². The maximum Gasteiger partial charge on any atom is 0.0439 e. The monoisotopic (exact) mass is 173 g/mol. The van der Waals surface area contributed by atoms with E-state index >= 15 is 0 Å². The molecule has 0 spiro atoms. The molecule has 0 atom stereocenters. The molecule has 13 heavy (non-hydrogen) atoms. The van der Waals surface area contributed by atoms with Crippen LogP contribution >= 0.6 is 0 Å². The maximum absolute atomic E-state index is 4.12. The molecule has 0 saturated heterocycles. The second-order valence-electron chi connectivity index (χ2n) is 3.83. The van der Waals surface area contributed by atoms with E-state index in [1.54, 1.807) is 0 Å². The van der Waals surface area contributed by atoms with Crippen molar-refractivity contribution in [1.82, 2.24) is 4.90 Å². The van der Waals surface area contributed by atoms with Gasteiger partial charge in [0.2, 0.25) is 0 Å². The van der Waals surface area contributed by atoms with Gasteiger partial charge in [0.15, 0.2) is 0 Å². The van der Waals surface area contributed by atoms with Gasteiger partial charge >= 0.3 is 0 Å². The Morgan fingerprint density at radius 2 is 2.00 bits per heavy atom. The largest absolute Gasteiger partial charge is 0.365 e. The van der Waals surface area contributed by atoms with E-state index < -0.39 is 0 Å². The normalized spacial score (nSPS) is 15.3. The van der Waals surface area contributed by atoms with E-state index in [1.165, 1.54) is 16.8 Å². The first kappa shape index (κ1) is 8.36. The van der Waals surface area contributed by atoms with E-state index in [-0.39, 0.29) is 0 Å². The summed E-state index contributed by atoms with van der Waals surface area (Å²) >= 11 is 0. The van der Waals surface area contributed by atoms with Crippen molar-refractivity contribution in [2.45, 2.75) is 26.4 Å². The van der Waals surface area contributed by atoms with Crippen LogP contribution in [0.2, 0.25) is 0 Å². The van der Waals surface area contributed by atoms with E-state index in [1.807, 2.05) is 0 Å². The van der Waals surface area contributed by atoms with Crippen molar-refractivity contribution in [1.29, 1.82) is 0 Å². The van der Waals surface area contributed by atoms with Crippen molar-refractivity contribution < 1.29 is 0 Å². The summed E-state index contributed by atoms with van der Waals surface area (Å²) in [4.78, 5) is 2.34. The van der Waals surface area contributed by atoms with Crippen molar-refractivity contribution in [2.75, 3.05) is 0 Å². The van der Waals surface area contributed by atoms with Crippen LogP contribution in [0.3, 0.4) is 0 Å². The summed E-state index contributed by atoms with van der Waals surface area (Å²) in [6.45, 7) is 9.56. The lowest BCUT2D eigenvalue weighted by Gasteiger charge is -2.23. The third kappa shape index (κ3) is 1.24. The van der Waals surface area contributed by atoms with Gasteiger partial charge in [-0.15, -0.1) is 0 Å². The van der Waals surface area contributed by atoms with E-state index in [0.29, 0.717) is 6.04 Å². The lowest BCUT2D eigenvalue weighted by molar-refractivity contribution is 0.339. The molecular weight excluding hydrogens is 158 g/mol. The summed E-state index contributed by atoms with van der Waals surface area (Å²) in [5.74, 6) is 0. The van der Waals surface area contributed by atoms with Gasteiger partial charge in [-0.3, -0.25) is 0 Å². The second-order valence-corrected chi connectivity index (χ2v) is 3.83. The van der Waals surface area contributed by atoms with Crippen LogP contribution in [0.15, 0.2) is 30.8 Å². The van der Waals surface area contributed by atoms with Gasteiger partial charge < -0.3 is 4.90 Å². The molecule has 0 aliphatic carbocycles. The molecular formula is C12H15N. The highest BCUT2D eigenvalue weighted by Crippen LogP contribution is 2.32. The molecule has 1 aliphatic heterocycles. The van der Waals surface area contributed by atoms with Crippen LogP contribution in [0, 0.1) is 0 Å². The first-order valence-corrected chi connectivity index (χ1v) is 4.74. The number of rotatable bonds is 1. The average Bonchev–Trinajstić information content (AvgIpc) is 2.45. The molecule has 1 heterocycles. The molecule has 0 fully saturated rings. The number of benzene rings is 1. The minimum atomic E-state index is 0.542. The summed E-state index contributed by atoms with van der Waals surface area (Å²) in [6, 6.07) is 9.05. The van der Waals surface area contributed by atoms with E-state index in [4.69, 9.17) is 0 Å². The Hall–Kier alpha value is -1.24. The third-order valence-electron chi connectivity index (χ3n) is 2.64. The van der Waals surface area contributed by atoms with Gasteiger partial charge in [-0.1, -0.05) is 30.8 Å². The zero-order valence-electron chi connectivity index (χ0n) is 8.25. The topological polar surface area (TPSA) is 3.24 Å². The molecule has 0 unspecified atom stereocenters. The first-order chi connectivity index (χ1) is 6.20. The number of nitrogens with zero attached hydrogens (tertiary/aromatic N) is 1. The quantitative estimate of drug-likeness (QED) is 0.631. The first-order valence-electron chi connectivity index (χ1n) is 4.74. The van der Waals surface area contributed by atoms with Gasteiger partial charge in [0, 0.05) is 23.8 Å². The smallest absolute Gasteiger partial charge is 0.0439 e. The van der Waals surface area contributed by atoms with Crippen LogP contribution in [0.4, 0.5) is 0 Å². The third-order valence-corrected chi connectivity index (χ3v) is 2.64. The van der Waals surface area contributed by atoms with Crippen molar-refractivity contribution in [3.63, 3.8) is 0 Å². The van der Waals surface area contributed by atoms with E-state index in [2.05, 4.69) is 49.6 Å². The van der Waals surface area contributed by atoms with Crippen molar-refractivity contribution in [2.24, 2.45) is 0 Å². The molecule has 0 radical (unpaired) electrons. The highest BCUT2D eigenvalue weighted by Gasteiger charge is 2.22. The van der Waals surface area contributed by atoms with Crippen LogP contribution in [0.5, 0.6) is 0 Å². The van der Waals surface area contributed by atoms with Gasteiger partial charge in [-0.2, -0.15) is 0 Å². The summed E-state index contributed by atoms with van der Waals surface area (Å²) < 4.78 is 0. The molecule has 0 amide bonds. The van der Waals surface area contributed by atoms with Crippen LogP contribution in [0.25, 0.3) is 5.70 Å². The van der Waals surface area contributed by atoms with Crippen LogP contribution in [-0.2, 0) is 6.54 Å². The van der Waals surface area contributed by atoms with E-state index in [9.17, 15) is 0 Å². The molecule has 1 aliphatic rings. The average molecular weight is 173 g/mol. The Bertz CT molecular complexity index is 339. The van der Waals surface area contributed by atoms with Crippen molar-refractivity contribution in [3.05, 3.63) is 42.0 Å². The zero-order chi connectivity index (χ0) is 9.42. The molecule has 1 heteroatoms. The Kier molecular flexibility index (Phi) is 1.87. The lowest BCUT2D eigenvalue weighted by Crippen LogP contribution is -2.23. The lowest BCUT2D eigenvalue weighted by atomic mass is 10.1. The van der Waals surface area contributed by atoms with E-state index in [0.717, 1.165) is 6.54 Å². The molecule has 0 aromatic heterocycles. The Morgan fingerprint density at radius 1 is 1.31 bits per heavy atom. The predicted octanol–water partition coefficient (Wildman–Crippen LogP) is 2.88. The highest BCUT2D eigenvalue weighted by molar-refractivity contribution is 5.69. The fourth-order valence-corrected chi connectivity index (χ4v) is 1.87. The van der Waals surface area contributed by atoms with Gasteiger partial charge in [-0.25, -0.2) is 0 Å².